The van der Waals surface area contributed by atoms with Gasteiger partial charge in [-0.25, -0.2) is 5.01 Å². The minimum Gasteiger partial charge on any atom is -0.352 e. The van der Waals surface area contributed by atoms with E-state index in [2.05, 4.69) is 31.2 Å². The molecular formula is C18H24N4O2S. The molecule has 2 aromatic rings. The lowest BCUT2D eigenvalue weighted by molar-refractivity contribution is -0.122. The van der Waals surface area contributed by atoms with E-state index in [1.165, 1.54) is 5.01 Å². The summed E-state index contributed by atoms with van der Waals surface area (Å²) < 4.78 is 3.09. The molecule has 0 aromatic carbocycles. The largest absolute Gasteiger partial charge is 0.352 e. The molecule has 1 aliphatic heterocycles. The number of carbonyl (C=O) groups is 2. The van der Waals surface area contributed by atoms with Crippen LogP contribution in [0, 0.1) is 5.41 Å². The van der Waals surface area contributed by atoms with Crippen molar-refractivity contribution in [3.05, 3.63) is 23.2 Å². The fourth-order valence-electron chi connectivity index (χ4n) is 2.83. The highest BCUT2D eigenvalue weighted by atomic mass is 32.1. The van der Waals surface area contributed by atoms with Crippen molar-refractivity contribution in [2.45, 2.75) is 47.2 Å². The minimum atomic E-state index is -0.235. The third-order valence-corrected chi connectivity index (χ3v) is 4.99. The van der Waals surface area contributed by atoms with Crippen molar-refractivity contribution in [3.63, 3.8) is 0 Å². The number of hydrogen-bond acceptors (Lipinski definition) is 4. The van der Waals surface area contributed by atoms with Crippen LogP contribution in [0.25, 0.3) is 10.2 Å². The van der Waals surface area contributed by atoms with E-state index in [0.717, 1.165) is 15.9 Å². The van der Waals surface area contributed by atoms with Crippen LogP contribution in [0.4, 0.5) is 0 Å². The Morgan fingerprint density at radius 3 is 2.76 bits per heavy atom. The fraction of sp³-hybridized carbons (Fsp3) is 0.500. The lowest BCUT2D eigenvalue weighted by Crippen LogP contribution is -2.41. The third kappa shape index (κ3) is 3.46. The van der Waals surface area contributed by atoms with Crippen LogP contribution in [0.5, 0.6) is 0 Å². The molecule has 0 saturated heterocycles. The quantitative estimate of drug-likeness (QED) is 0.914. The molecule has 25 heavy (non-hydrogen) atoms. The van der Waals surface area contributed by atoms with Gasteiger partial charge in [0.05, 0.1) is 22.5 Å². The van der Waals surface area contributed by atoms with Gasteiger partial charge in [0, 0.05) is 11.5 Å². The van der Waals surface area contributed by atoms with Crippen molar-refractivity contribution in [2.75, 3.05) is 6.54 Å². The maximum atomic E-state index is 13.0. The van der Waals surface area contributed by atoms with Crippen LogP contribution in [0.1, 0.15) is 45.1 Å². The predicted octanol–water partition coefficient (Wildman–Crippen LogP) is 3.09. The zero-order chi connectivity index (χ0) is 18.4. The number of carbonyl (C=O) groups excluding carboxylic acids is 2. The predicted molar refractivity (Wildman–Crippen MR) is 101 cm³/mol. The van der Waals surface area contributed by atoms with E-state index >= 15 is 0 Å². The molecule has 3 rings (SSSR count). The van der Waals surface area contributed by atoms with Gasteiger partial charge in [-0.05, 0) is 31.4 Å². The minimum absolute atomic E-state index is 0.0230. The second-order valence-electron chi connectivity index (χ2n) is 7.67. The maximum absolute atomic E-state index is 13.0. The standard InChI is InChI=1S/C18H24N4O2S/c1-11(2)19-16(23)10-22-17(24)13-8-14-12(6-7-25-14)21(13)9-15(20-22)18(3,4)5/h6-8,11H,9-10H2,1-5H3,(H,19,23). The number of hydrazone groups is 1. The van der Waals surface area contributed by atoms with E-state index < -0.39 is 0 Å². The van der Waals surface area contributed by atoms with Crippen LogP contribution < -0.4 is 5.32 Å². The van der Waals surface area contributed by atoms with Crippen molar-refractivity contribution in [2.24, 2.45) is 10.5 Å². The fourth-order valence-corrected chi connectivity index (χ4v) is 3.65. The lowest BCUT2D eigenvalue weighted by Gasteiger charge is -2.23. The Kier molecular flexibility index (Phi) is 4.45. The van der Waals surface area contributed by atoms with Crippen LogP contribution in [-0.4, -0.2) is 39.7 Å². The molecule has 7 heteroatoms. The number of nitrogens with zero attached hydrogens (tertiary/aromatic N) is 3. The Bertz CT molecular complexity index is 854. The molecule has 6 nitrogen and oxygen atoms in total. The van der Waals surface area contributed by atoms with Crippen molar-refractivity contribution in [1.29, 1.82) is 0 Å². The summed E-state index contributed by atoms with van der Waals surface area (Å²) in [5.74, 6) is -0.441. The van der Waals surface area contributed by atoms with Crippen LogP contribution in [0.3, 0.4) is 0 Å². The summed E-state index contributed by atoms with van der Waals surface area (Å²) in [6.45, 7) is 10.5. The zero-order valence-electron chi connectivity index (χ0n) is 15.3. The van der Waals surface area contributed by atoms with Gasteiger partial charge in [-0.15, -0.1) is 11.3 Å². The summed E-state index contributed by atoms with van der Waals surface area (Å²) in [5, 5.41) is 10.7. The first kappa shape index (κ1) is 17.7. The Labute approximate surface area is 151 Å². The van der Waals surface area contributed by atoms with E-state index in [1.807, 2.05) is 35.9 Å². The number of thiophene rings is 1. The molecule has 0 aliphatic carbocycles. The van der Waals surface area contributed by atoms with E-state index in [9.17, 15) is 9.59 Å². The SMILES string of the molecule is CC(C)NC(=O)CN1N=C(C(C)(C)C)Cn2c(cc3sccc32)C1=O. The van der Waals surface area contributed by atoms with Crippen molar-refractivity contribution < 1.29 is 9.59 Å². The second-order valence-corrected chi connectivity index (χ2v) is 8.62. The molecule has 0 unspecified atom stereocenters. The number of fused-ring (bicyclic) bond motifs is 3. The number of hydrogen-bond donors (Lipinski definition) is 1. The second kappa shape index (κ2) is 6.29. The van der Waals surface area contributed by atoms with Gasteiger partial charge in [-0.2, -0.15) is 5.10 Å². The van der Waals surface area contributed by atoms with Gasteiger partial charge in [0.25, 0.3) is 5.91 Å². The first-order chi connectivity index (χ1) is 11.7. The summed E-state index contributed by atoms with van der Waals surface area (Å²) in [5.41, 5.74) is 2.29. The van der Waals surface area contributed by atoms with Crippen LogP contribution in [0.2, 0.25) is 0 Å². The van der Waals surface area contributed by atoms with Gasteiger partial charge in [0.15, 0.2) is 0 Å². The molecular weight excluding hydrogens is 336 g/mol. The number of rotatable bonds is 3. The van der Waals surface area contributed by atoms with Crippen molar-refractivity contribution in [1.82, 2.24) is 14.9 Å². The molecule has 0 saturated carbocycles. The van der Waals surface area contributed by atoms with Gasteiger partial charge in [0.2, 0.25) is 5.91 Å². The van der Waals surface area contributed by atoms with Gasteiger partial charge in [-0.1, -0.05) is 20.8 Å². The van der Waals surface area contributed by atoms with Gasteiger partial charge in [-0.3, -0.25) is 9.59 Å². The van der Waals surface area contributed by atoms with Crippen LogP contribution in [-0.2, 0) is 11.3 Å². The van der Waals surface area contributed by atoms with Gasteiger partial charge in [0.1, 0.15) is 12.2 Å². The summed E-state index contributed by atoms with van der Waals surface area (Å²) in [4.78, 5) is 25.2. The Balaban J connectivity index is 2.03. The number of nitrogens with one attached hydrogen (secondary N) is 1. The molecule has 3 heterocycles. The molecule has 1 aliphatic rings. The first-order valence-electron chi connectivity index (χ1n) is 8.42. The maximum Gasteiger partial charge on any atom is 0.291 e. The molecule has 0 atom stereocenters. The zero-order valence-corrected chi connectivity index (χ0v) is 16.1. The molecule has 0 fully saturated rings. The molecule has 0 bridgehead atoms. The van der Waals surface area contributed by atoms with E-state index in [-0.39, 0.29) is 29.8 Å². The topological polar surface area (TPSA) is 66.7 Å². The summed E-state index contributed by atoms with van der Waals surface area (Å²) in [7, 11) is 0. The highest BCUT2D eigenvalue weighted by Gasteiger charge is 2.31. The molecule has 1 N–H and O–H groups in total. The van der Waals surface area contributed by atoms with Crippen LogP contribution >= 0.6 is 11.3 Å². The van der Waals surface area contributed by atoms with E-state index in [1.54, 1.807) is 11.3 Å². The number of amides is 2. The monoisotopic (exact) mass is 360 g/mol. The normalized spacial score (nSPS) is 15.4. The summed E-state index contributed by atoms with van der Waals surface area (Å²) >= 11 is 1.61. The number of aromatic nitrogens is 1. The lowest BCUT2D eigenvalue weighted by atomic mass is 9.90. The summed E-state index contributed by atoms with van der Waals surface area (Å²) in [6, 6.07) is 3.95. The molecule has 134 valence electrons. The van der Waals surface area contributed by atoms with Gasteiger partial charge < -0.3 is 9.88 Å². The third-order valence-electron chi connectivity index (χ3n) is 4.13. The Morgan fingerprint density at radius 2 is 2.12 bits per heavy atom. The summed E-state index contributed by atoms with van der Waals surface area (Å²) in [6.07, 6.45) is 0. The molecule has 0 spiro atoms. The Morgan fingerprint density at radius 1 is 1.40 bits per heavy atom. The van der Waals surface area contributed by atoms with E-state index in [0.29, 0.717) is 12.2 Å². The smallest absolute Gasteiger partial charge is 0.291 e. The molecule has 2 aromatic heterocycles. The average Bonchev–Trinajstić information content (AvgIpc) is 3.01. The highest BCUT2D eigenvalue weighted by molar-refractivity contribution is 7.17. The molecule has 0 radical (unpaired) electrons. The van der Waals surface area contributed by atoms with Crippen LogP contribution in [0.15, 0.2) is 22.6 Å². The van der Waals surface area contributed by atoms with Gasteiger partial charge >= 0.3 is 0 Å². The van der Waals surface area contributed by atoms with E-state index in [4.69, 9.17) is 0 Å². The molecule has 2 amide bonds. The Hall–Kier alpha value is -2.15. The van der Waals surface area contributed by atoms with Crippen molar-refractivity contribution in [3.8, 4) is 0 Å². The first-order valence-corrected chi connectivity index (χ1v) is 9.30. The highest BCUT2D eigenvalue weighted by Crippen LogP contribution is 2.30. The van der Waals surface area contributed by atoms with Crippen molar-refractivity contribution >= 4 is 39.1 Å². The average molecular weight is 360 g/mol.